The highest BCUT2D eigenvalue weighted by molar-refractivity contribution is 6.31. The Morgan fingerprint density at radius 3 is 2.48 bits per heavy atom. The SMILES string of the molecule is COc1cccc(C(=O)OCC(=O)NCc2ccccc2Cl)c1OC. The molecule has 0 aromatic heterocycles. The minimum Gasteiger partial charge on any atom is -0.493 e. The lowest BCUT2D eigenvalue weighted by molar-refractivity contribution is -0.124. The van der Waals surface area contributed by atoms with E-state index in [1.165, 1.54) is 20.3 Å². The molecule has 0 heterocycles. The molecule has 0 spiro atoms. The van der Waals surface area contributed by atoms with Crippen molar-refractivity contribution in [3.63, 3.8) is 0 Å². The molecule has 6 nitrogen and oxygen atoms in total. The molecule has 2 rings (SSSR count). The largest absolute Gasteiger partial charge is 0.493 e. The minimum atomic E-state index is -0.677. The third-order valence-electron chi connectivity index (χ3n) is 3.39. The number of carbonyl (C=O) groups excluding carboxylic acids is 2. The minimum absolute atomic E-state index is 0.181. The molecule has 0 radical (unpaired) electrons. The number of methoxy groups -OCH3 is 2. The highest BCUT2D eigenvalue weighted by Gasteiger charge is 2.18. The predicted octanol–water partition coefficient (Wildman–Crippen LogP) is 2.83. The zero-order chi connectivity index (χ0) is 18.2. The van der Waals surface area contributed by atoms with Crippen LogP contribution in [0.2, 0.25) is 5.02 Å². The fraction of sp³-hybridized carbons (Fsp3) is 0.222. The smallest absolute Gasteiger partial charge is 0.342 e. The molecule has 0 aliphatic carbocycles. The molecule has 0 aliphatic heterocycles. The van der Waals surface area contributed by atoms with Crippen LogP contribution in [0, 0.1) is 0 Å². The molecule has 0 aliphatic rings. The quantitative estimate of drug-likeness (QED) is 0.766. The summed E-state index contributed by atoms with van der Waals surface area (Å²) < 4.78 is 15.3. The van der Waals surface area contributed by atoms with Gasteiger partial charge in [-0.15, -0.1) is 0 Å². The van der Waals surface area contributed by atoms with Gasteiger partial charge in [0.15, 0.2) is 18.1 Å². The summed E-state index contributed by atoms with van der Waals surface area (Å²) in [5, 5.41) is 3.20. The van der Waals surface area contributed by atoms with E-state index >= 15 is 0 Å². The maximum absolute atomic E-state index is 12.2. The maximum atomic E-state index is 12.2. The van der Waals surface area contributed by atoms with E-state index in [0.717, 1.165) is 5.56 Å². The second kappa shape index (κ2) is 8.94. The van der Waals surface area contributed by atoms with Crippen LogP contribution in [-0.2, 0) is 16.1 Å². The first-order chi connectivity index (χ1) is 12.1. The zero-order valence-corrected chi connectivity index (χ0v) is 14.6. The Hall–Kier alpha value is -2.73. The van der Waals surface area contributed by atoms with Crippen LogP contribution in [0.3, 0.4) is 0 Å². The lowest BCUT2D eigenvalue weighted by Gasteiger charge is -2.12. The van der Waals surface area contributed by atoms with E-state index in [4.69, 9.17) is 25.8 Å². The van der Waals surface area contributed by atoms with Gasteiger partial charge >= 0.3 is 5.97 Å². The molecule has 132 valence electrons. The van der Waals surface area contributed by atoms with Gasteiger partial charge in [-0.1, -0.05) is 35.9 Å². The van der Waals surface area contributed by atoms with Crippen LogP contribution in [0.4, 0.5) is 0 Å². The number of carbonyl (C=O) groups is 2. The van der Waals surface area contributed by atoms with E-state index in [1.807, 2.05) is 6.07 Å². The Balaban J connectivity index is 1.92. The van der Waals surface area contributed by atoms with Gasteiger partial charge < -0.3 is 19.5 Å². The van der Waals surface area contributed by atoms with Crippen LogP contribution in [-0.4, -0.2) is 32.7 Å². The Morgan fingerprint density at radius 2 is 1.80 bits per heavy atom. The third kappa shape index (κ3) is 4.87. The van der Waals surface area contributed by atoms with Gasteiger partial charge in [0.25, 0.3) is 5.91 Å². The molecule has 0 atom stereocenters. The molecule has 2 aromatic carbocycles. The molecule has 1 amide bonds. The van der Waals surface area contributed by atoms with Gasteiger partial charge in [-0.2, -0.15) is 0 Å². The first kappa shape index (κ1) is 18.6. The van der Waals surface area contributed by atoms with Gasteiger partial charge in [0.05, 0.1) is 14.2 Å². The molecular weight excluding hydrogens is 346 g/mol. The van der Waals surface area contributed by atoms with Gasteiger partial charge in [-0.3, -0.25) is 4.79 Å². The third-order valence-corrected chi connectivity index (χ3v) is 3.76. The van der Waals surface area contributed by atoms with Crippen molar-refractivity contribution in [2.45, 2.75) is 6.54 Å². The summed E-state index contributed by atoms with van der Waals surface area (Å²) in [6.07, 6.45) is 0. The summed E-state index contributed by atoms with van der Waals surface area (Å²) >= 11 is 6.01. The molecular formula is C18H18ClNO5. The predicted molar refractivity (Wildman–Crippen MR) is 93.1 cm³/mol. The van der Waals surface area contributed by atoms with Crippen LogP contribution in [0.5, 0.6) is 11.5 Å². The summed E-state index contributed by atoms with van der Waals surface area (Å²) in [4.78, 5) is 24.0. The van der Waals surface area contributed by atoms with Crippen LogP contribution < -0.4 is 14.8 Å². The summed E-state index contributed by atoms with van der Waals surface area (Å²) in [6.45, 7) is -0.164. The van der Waals surface area contributed by atoms with Crippen molar-refractivity contribution in [2.75, 3.05) is 20.8 Å². The first-order valence-electron chi connectivity index (χ1n) is 7.45. The molecule has 25 heavy (non-hydrogen) atoms. The number of para-hydroxylation sites is 1. The Labute approximate surface area is 150 Å². The average Bonchev–Trinajstić information content (AvgIpc) is 2.64. The van der Waals surface area contributed by atoms with E-state index in [1.54, 1.807) is 30.3 Å². The van der Waals surface area contributed by atoms with Crippen molar-refractivity contribution in [3.8, 4) is 11.5 Å². The Kier molecular flexibility index (Phi) is 6.65. The number of ether oxygens (including phenoxy) is 3. The number of benzene rings is 2. The molecule has 2 aromatic rings. The van der Waals surface area contributed by atoms with Crippen LogP contribution >= 0.6 is 11.6 Å². The van der Waals surface area contributed by atoms with E-state index in [0.29, 0.717) is 10.8 Å². The van der Waals surface area contributed by atoms with Gasteiger partial charge in [0.2, 0.25) is 0 Å². The monoisotopic (exact) mass is 363 g/mol. The van der Waals surface area contributed by atoms with Crippen molar-refractivity contribution in [3.05, 3.63) is 58.6 Å². The van der Waals surface area contributed by atoms with E-state index in [9.17, 15) is 9.59 Å². The normalized spacial score (nSPS) is 10.0. The molecule has 0 fully saturated rings. The van der Waals surface area contributed by atoms with E-state index in [2.05, 4.69) is 5.32 Å². The summed E-state index contributed by atoms with van der Waals surface area (Å²) in [6, 6.07) is 12.0. The summed E-state index contributed by atoms with van der Waals surface area (Å²) in [7, 11) is 2.89. The molecule has 0 bridgehead atoms. The van der Waals surface area contributed by atoms with Crippen molar-refractivity contribution in [1.82, 2.24) is 5.32 Å². The second-order valence-corrected chi connectivity index (χ2v) is 5.39. The molecule has 1 N–H and O–H groups in total. The van der Waals surface area contributed by atoms with Gasteiger partial charge in [0.1, 0.15) is 5.56 Å². The topological polar surface area (TPSA) is 73.9 Å². The molecule has 7 heteroatoms. The van der Waals surface area contributed by atoms with Crippen LogP contribution in [0.25, 0.3) is 0 Å². The molecule has 0 saturated carbocycles. The Morgan fingerprint density at radius 1 is 1.04 bits per heavy atom. The number of rotatable bonds is 7. The van der Waals surface area contributed by atoms with Gasteiger partial charge in [-0.25, -0.2) is 4.79 Å². The average molecular weight is 364 g/mol. The van der Waals surface area contributed by atoms with E-state index < -0.39 is 18.5 Å². The van der Waals surface area contributed by atoms with Crippen molar-refractivity contribution in [1.29, 1.82) is 0 Å². The number of hydrogen-bond acceptors (Lipinski definition) is 5. The number of esters is 1. The fourth-order valence-electron chi connectivity index (χ4n) is 2.14. The lowest BCUT2D eigenvalue weighted by atomic mass is 10.2. The van der Waals surface area contributed by atoms with Crippen LogP contribution in [0.15, 0.2) is 42.5 Å². The summed E-state index contributed by atoms with van der Waals surface area (Å²) in [5.41, 5.74) is 0.957. The first-order valence-corrected chi connectivity index (χ1v) is 7.82. The highest BCUT2D eigenvalue weighted by Crippen LogP contribution is 2.31. The number of halogens is 1. The zero-order valence-electron chi connectivity index (χ0n) is 13.9. The van der Waals surface area contributed by atoms with Gasteiger partial charge in [0, 0.05) is 11.6 Å². The van der Waals surface area contributed by atoms with Crippen LogP contribution in [0.1, 0.15) is 15.9 Å². The molecule has 0 unspecified atom stereocenters. The lowest BCUT2D eigenvalue weighted by Crippen LogP contribution is -2.28. The van der Waals surface area contributed by atoms with Crippen molar-refractivity contribution < 1.29 is 23.8 Å². The molecule has 0 saturated heterocycles. The second-order valence-electron chi connectivity index (χ2n) is 4.99. The highest BCUT2D eigenvalue weighted by atomic mass is 35.5. The maximum Gasteiger partial charge on any atom is 0.342 e. The fourth-order valence-corrected chi connectivity index (χ4v) is 2.35. The number of hydrogen-bond donors (Lipinski definition) is 1. The number of nitrogens with one attached hydrogen (secondary N) is 1. The van der Waals surface area contributed by atoms with Gasteiger partial charge in [-0.05, 0) is 23.8 Å². The van der Waals surface area contributed by atoms with Crippen molar-refractivity contribution in [2.24, 2.45) is 0 Å². The number of amides is 1. The van der Waals surface area contributed by atoms with E-state index in [-0.39, 0.29) is 17.9 Å². The Bertz CT molecular complexity index is 763. The summed E-state index contributed by atoms with van der Waals surface area (Å²) in [5.74, 6) is -0.453. The van der Waals surface area contributed by atoms with Crippen molar-refractivity contribution >= 4 is 23.5 Å². The standard InChI is InChI=1S/C18H18ClNO5/c1-23-15-9-5-7-13(17(15)24-2)18(22)25-11-16(21)20-10-12-6-3-4-8-14(12)19/h3-9H,10-11H2,1-2H3,(H,20,21).